The van der Waals surface area contributed by atoms with E-state index in [0.717, 1.165) is 5.56 Å². The highest BCUT2D eigenvalue weighted by molar-refractivity contribution is 7.92. The minimum Gasteiger partial charge on any atom is -0.508 e. The standard InChI is InChI=1S/C24H21N5O5S/c30-19-7-9-20(10-8-19)34-23-22(4-2-14-26-23)29-35(32,33)21-11-5-18(6-12-21)28-24(31)27-16-17-3-1-13-25-15-17/h1-15,29-30H,16H2,(H2,27,28,31). The van der Waals surface area contributed by atoms with Gasteiger partial charge in [-0.05, 0) is 72.3 Å². The Morgan fingerprint density at radius 2 is 1.69 bits per heavy atom. The normalized spacial score (nSPS) is 10.9. The number of ether oxygens (including phenoxy) is 1. The number of urea groups is 1. The molecular weight excluding hydrogens is 470 g/mol. The first-order valence-electron chi connectivity index (χ1n) is 10.4. The molecule has 0 saturated heterocycles. The first kappa shape index (κ1) is 23.5. The molecule has 0 unspecified atom stereocenters. The molecule has 0 radical (unpaired) electrons. The highest BCUT2D eigenvalue weighted by Gasteiger charge is 2.18. The van der Waals surface area contributed by atoms with Crippen molar-refractivity contribution in [3.05, 3.63) is 97.0 Å². The average Bonchev–Trinajstić information content (AvgIpc) is 2.86. The van der Waals surface area contributed by atoms with Gasteiger partial charge in [-0.25, -0.2) is 18.2 Å². The van der Waals surface area contributed by atoms with Crippen LogP contribution >= 0.6 is 0 Å². The van der Waals surface area contributed by atoms with Gasteiger partial charge >= 0.3 is 6.03 Å². The Balaban J connectivity index is 1.40. The van der Waals surface area contributed by atoms with Crippen molar-refractivity contribution in [2.75, 3.05) is 10.0 Å². The number of phenols is 1. The van der Waals surface area contributed by atoms with E-state index in [1.165, 1.54) is 60.8 Å². The van der Waals surface area contributed by atoms with E-state index in [9.17, 15) is 18.3 Å². The van der Waals surface area contributed by atoms with E-state index in [1.807, 2.05) is 6.07 Å². The van der Waals surface area contributed by atoms with Crippen molar-refractivity contribution in [1.29, 1.82) is 0 Å². The quantitative estimate of drug-likeness (QED) is 0.291. The van der Waals surface area contributed by atoms with Crippen LogP contribution in [-0.2, 0) is 16.6 Å². The summed E-state index contributed by atoms with van der Waals surface area (Å²) in [7, 11) is -3.97. The molecule has 4 N–H and O–H groups in total. The molecule has 4 rings (SSSR count). The SMILES string of the molecule is O=C(NCc1cccnc1)Nc1ccc(S(=O)(=O)Nc2cccnc2Oc2ccc(O)cc2)cc1. The molecule has 0 aliphatic carbocycles. The van der Waals surface area contributed by atoms with Gasteiger partial charge in [0.25, 0.3) is 10.0 Å². The topological polar surface area (TPSA) is 143 Å². The molecule has 178 valence electrons. The van der Waals surface area contributed by atoms with Crippen molar-refractivity contribution in [2.45, 2.75) is 11.4 Å². The summed E-state index contributed by atoms with van der Waals surface area (Å²) in [5, 5.41) is 14.8. The second-order valence-electron chi connectivity index (χ2n) is 7.25. The molecule has 0 atom stereocenters. The van der Waals surface area contributed by atoms with Crippen LogP contribution in [0.2, 0.25) is 0 Å². The summed E-state index contributed by atoms with van der Waals surface area (Å²) >= 11 is 0. The maximum Gasteiger partial charge on any atom is 0.319 e. The summed E-state index contributed by atoms with van der Waals surface area (Å²) in [6.45, 7) is 0.301. The van der Waals surface area contributed by atoms with E-state index >= 15 is 0 Å². The van der Waals surface area contributed by atoms with Crippen molar-refractivity contribution in [1.82, 2.24) is 15.3 Å². The molecule has 2 aromatic heterocycles. The number of benzene rings is 2. The number of aromatic hydroxyl groups is 1. The van der Waals surface area contributed by atoms with Gasteiger partial charge in [0, 0.05) is 30.8 Å². The number of aromatic nitrogens is 2. The summed E-state index contributed by atoms with van der Waals surface area (Å²) in [6.07, 6.45) is 4.76. The molecule has 11 heteroatoms. The molecule has 0 aliphatic heterocycles. The van der Waals surface area contributed by atoms with Crippen LogP contribution in [0.15, 0.2) is 96.3 Å². The number of amides is 2. The summed E-state index contributed by atoms with van der Waals surface area (Å²) in [6, 6.07) is 17.9. The third-order valence-electron chi connectivity index (χ3n) is 4.67. The molecule has 0 spiro atoms. The second-order valence-corrected chi connectivity index (χ2v) is 8.93. The monoisotopic (exact) mass is 491 g/mol. The van der Waals surface area contributed by atoms with E-state index in [2.05, 4.69) is 25.3 Å². The minimum absolute atomic E-state index is 0.0155. The lowest BCUT2D eigenvalue weighted by atomic mass is 10.3. The molecular formula is C24H21N5O5S. The van der Waals surface area contributed by atoms with Crippen LogP contribution in [-0.4, -0.2) is 29.5 Å². The number of carbonyl (C=O) groups is 1. The van der Waals surface area contributed by atoms with Crippen molar-refractivity contribution in [3.8, 4) is 17.4 Å². The zero-order valence-corrected chi connectivity index (χ0v) is 19.1. The van der Waals surface area contributed by atoms with E-state index in [1.54, 1.807) is 24.5 Å². The number of sulfonamides is 1. The third-order valence-corrected chi connectivity index (χ3v) is 6.05. The summed E-state index contributed by atoms with van der Waals surface area (Å²) < 4.78 is 33.9. The molecule has 0 bridgehead atoms. The number of nitrogens with zero attached hydrogens (tertiary/aromatic N) is 2. The fraction of sp³-hybridized carbons (Fsp3) is 0.0417. The van der Waals surface area contributed by atoms with Crippen LogP contribution in [0.25, 0.3) is 0 Å². The first-order valence-corrected chi connectivity index (χ1v) is 11.9. The minimum atomic E-state index is -3.97. The Bertz CT molecular complexity index is 1400. The number of carbonyl (C=O) groups excluding carboxylic acids is 1. The average molecular weight is 492 g/mol. The Morgan fingerprint density at radius 3 is 2.40 bits per heavy atom. The lowest BCUT2D eigenvalue weighted by Gasteiger charge is -2.13. The fourth-order valence-electron chi connectivity index (χ4n) is 2.96. The number of hydrogen-bond acceptors (Lipinski definition) is 7. The summed E-state index contributed by atoms with van der Waals surface area (Å²) in [5.74, 6) is 0.493. The molecule has 4 aromatic rings. The van der Waals surface area contributed by atoms with Crippen LogP contribution < -0.4 is 20.1 Å². The maximum absolute atomic E-state index is 12.9. The molecule has 2 amide bonds. The predicted octanol–water partition coefficient (Wildman–Crippen LogP) is 4.10. The molecule has 2 heterocycles. The molecule has 0 saturated carbocycles. The van der Waals surface area contributed by atoms with Gasteiger partial charge in [-0.2, -0.15) is 0 Å². The number of phenolic OH excluding ortho intramolecular Hbond substituents is 1. The zero-order chi connectivity index (χ0) is 24.7. The number of rotatable bonds is 8. The number of pyridine rings is 2. The highest BCUT2D eigenvalue weighted by Crippen LogP contribution is 2.29. The summed E-state index contributed by atoms with van der Waals surface area (Å²) in [4.78, 5) is 20.2. The first-order chi connectivity index (χ1) is 16.9. The fourth-order valence-corrected chi connectivity index (χ4v) is 4.01. The Morgan fingerprint density at radius 1 is 0.943 bits per heavy atom. The Kier molecular flexibility index (Phi) is 7.07. The van der Waals surface area contributed by atoms with Gasteiger partial charge in [0.2, 0.25) is 5.88 Å². The smallest absolute Gasteiger partial charge is 0.319 e. The Hall–Kier alpha value is -4.64. The van der Waals surface area contributed by atoms with Gasteiger partial charge < -0.3 is 20.5 Å². The van der Waals surface area contributed by atoms with E-state index in [0.29, 0.717) is 18.0 Å². The maximum atomic E-state index is 12.9. The van der Waals surface area contributed by atoms with Gasteiger partial charge in [-0.1, -0.05) is 6.07 Å². The molecule has 2 aromatic carbocycles. The van der Waals surface area contributed by atoms with Gasteiger partial charge in [-0.15, -0.1) is 0 Å². The molecule has 10 nitrogen and oxygen atoms in total. The number of hydrogen-bond donors (Lipinski definition) is 4. The van der Waals surface area contributed by atoms with Gasteiger partial charge in [0.15, 0.2) is 0 Å². The largest absolute Gasteiger partial charge is 0.508 e. The lowest BCUT2D eigenvalue weighted by Crippen LogP contribution is -2.28. The number of anilines is 2. The summed E-state index contributed by atoms with van der Waals surface area (Å²) in [5.41, 5.74) is 1.40. The van der Waals surface area contributed by atoms with Crippen LogP contribution in [0.4, 0.5) is 16.2 Å². The van der Waals surface area contributed by atoms with E-state index < -0.39 is 16.1 Å². The number of nitrogens with one attached hydrogen (secondary N) is 3. The van der Waals surface area contributed by atoms with Crippen molar-refractivity contribution in [2.24, 2.45) is 0 Å². The molecule has 0 aliphatic rings. The Labute approximate surface area is 201 Å². The van der Waals surface area contributed by atoms with Crippen LogP contribution in [0.5, 0.6) is 17.4 Å². The van der Waals surface area contributed by atoms with Crippen molar-refractivity contribution >= 4 is 27.4 Å². The molecule has 0 fully saturated rings. The second kappa shape index (κ2) is 10.5. The van der Waals surface area contributed by atoms with E-state index in [4.69, 9.17) is 4.74 Å². The van der Waals surface area contributed by atoms with Crippen molar-refractivity contribution in [3.63, 3.8) is 0 Å². The third kappa shape index (κ3) is 6.45. The van der Waals surface area contributed by atoms with Crippen LogP contribution in [0, 0.1) is 0 Å². The van der Waals surface area contributed by atoms with Crippen LogP contribution in [0.3, 0.4) is 0 Å². The van der Waals surface area contributed by atoms with E-state index in [-0.39, 0.29) is 22.2 Å². The van der Waals surface area contributed by atoms with Crippen molar-refractivity contribution < 1.29 is 23.1 Å². The van der Waals surface area contributed by atoms with Gasteiger partial charge in [0.05, 0.1) is 4.90 Å². The van der Waals surface area contributed by atoms with Gasteiger partial charge in [-0.3, -0.25) is 9.71 Å². The lowest BCUT2D eigenvalue weighted by molar-refractivity contribution is 0.251. The van der Waals surface area contributed by atoms with Gasteiger partial charge in [0.1, 0.15) is 17.2 Å². The zero-order valence-electron chi connectivity index (χ0n) is 18.3. The predicted molar refractivity (Wildman–Crippen MR) is 130 cm³/mol. The molecule has 35 heavy (non-hydrogen) atoms. The van der Waals surface area contributed by atoms with Crippen LogP contribution in [0.1, 0.15) is 5.56 Å². The highest BCUT2D eigenvalue weighted by atomic mass is 32.2.